The first-order valence-electron chi connectivity index (χ1n) is 13.0. The van der Waals surface area contributed by atoms with E-state index in [1.165, 1.54) is 18.1 Å². The summed E-state index contributed by atoms with van der Waals surface area (Å²) in [6, 6.07) is 8.51. The summed E-state index contributed by atoms with van der Waals surface area (Å²) in [6.07, 6.45) is -0.766. The topological polar surface area (TPSA) is 160 Å². The van der Waals surface area contributed by atoms with Gasteiger partial charge in [0.05, 0.1) is 13.5 Å². The molecule has 1 aliphatic rings. The number of amides is 4. The summed E-state index contributed by atoms with van der Waals surface area (Å²) in [4.78, 5) is 54.0. The molecule has 4 atom stereocenters. The molecule has 0 spiro atoms. The number of phenolic OH excluding ortho intramolecular Hbond substituents is 1. The number of anilines is 1. The molecular weight excluding hydrogens is 516 g/mol. The predicted molar refractivity (Wildman–Crippen MR) is 149 cm³/mol. The molecule has 0 aromatic heterocycles. The SMILES string of the molecule is COc1ccc(NC(=O)C(c2ccc(O)c(C)c2)N(C(=O)C(CC(N)=O)NC(=O)OC(C)(C)C)C2CC2C)cc1. The van der Waals surface area contributed by atoms with Crippen LogP contribution in [0.15, 0.2) is 42.5 Å². The fourth-order valence-electron chi connectivity index (χ4n) is 4.38. The van der Waals surface area contributed by atoms with Crippen LogP contribution >= 0.6 is 0 Å². The third-order valence-electron chi connectivity index (χ3n) is 6.49. The Morgan fingerprint density at radius 3 is 2.25 bits per heavy atom. The van der Waals surface area contributed by atoms with E-state index in [0.29, 0.717) is 29.0 Å². The van der Waals surface area contributed by atoms with Gasteiger partial charge in [0, 0.05) is 11.7 Å². The smallest absolute Gasteiger partial charge is 0.408 e. The Labute approximate surface area is 234 Å². The number of alkyl carbamates (subject to hydrolysis) is 1. The summed E-state index contributed by atoms with van der Waals surface area (Å²) in [5.74, 6) is -1.27. The summed E-state index contributed by atoms with van der Waals surface area (Å²) in [5, 5.41) is 15.5. The minimum Gasteiger partial charge on any atom is -0.508 e. The zero-order chi connectivity index (χ0) is 29.8. The van der Waals surface area contributed by atoms with Gasteiger partial charge in [-0.15, -0.1) is 0 Å². The lowest BCUT2D eigenvalue weighted by Gasteiger charge is -2.35. The van der Waals surface area contributed by atoms with Gasteiger partial charge in [-0.2, -0.15) is 0 Å². The summed E-state index contributed by atoms with van der Waals surface area (Å²) in [6.45, 7) is 8.63. The van der Waals surface area contributed by atoms with Crippen molar-refractivity contribution in [1.82, 2.24) is 10.2 Å². The Hall–Kier alpha value is -4.28. The minimum atomic E-state index is -1.37. The van der Waals surface area contributed by atoms with Crippen molar-refractivity contribution in [3.63, 3.8) is 0 Å². The monoisotopic (exact) mass is 554 g/mol. The fourth-order valence-corrected chi connectivity index (χ4v) is 4.38. The van der Waals surface area contributed by atoms with E-state index in [-0.39, 0.29) is 17.7 Å². The Bertz CT molecular complexity index is 1260. The molecule has 0 aliphatic heterocycles. The van der Waals surface area contributed by atoms with E-state index in [1.54, 1.807) is 64.1 Å². The van der Waals surface area contributed by atoms with Gasteiger partial charge in [-0.25, -0.2) is 4.79 Å². The Balaban J connectivity index is 2.04. The molecule has 1 fully saturated rings. The number of primary amides is 1. The molecule has 4 unspecified atom stereocenters. The van der Waals surface area contributed by atoms with Gasteiger partial charge in [-0.1, -0.05) is 13.0 Å². The number of methoxy groups -OCH3 is 1. The highest BCUT2D eigenvalue weighted by Crippen LogP contribution is 2.41. The van der Waals surface area contributed by atoms with Gasteiger partial charge in [0.1, 0.15) is 29.2 Å². The van der Waals surface area contributed by atoms with Crippen LogP contribution in [-0.2, 0) is 19.1 Å². The Morgan fingerprint density at radius 1 is 1.12 bits per heavy atom. The molecule has 0 bridgehead atoms. The van der Waals surface area contributed by atoms with Crippen molar-refractivity contribution in [2.24, 2.45) is 11.7 Å². The highest BCUT2D eigenvalue weighted by atomic mass is 16.6. The number of nitrogens with one attached hydrogen (secondary N) is 2. The predicted octanol–water partition coefficient (Wildman–Crippen LogP) is 3.39. The third kappa shape index (κ3) is 7.87. The second kappa shape index (κ2) is 12.3. The van der Waals surface area contributed by atoms with Crippen molar-refractivity contribution in [1.29, 1.82) is 0 Å². The highest BCUT2D eigenvalue weighted by Gasteiger charge is 2.48. The maximum Gasteiger partial charge on any atom is 0.408 e. The van der Waals surface area contributed by atoms with E-state index in [1.807, 2.05) is 6.92 Å². The lowest BCUT2D eigenvalue weighted by atomic mass is 9.99. The quantitative estimate of drug-likeness (QED) is 0.350. The number of nitrogens with zero attached hydrogens (tertiary/aromatic N) is 1. The van der Waals surface area contributed by atoms with Crippen LogP contribution in [0.1, 0.15) is 57.7 Å². The minimum absolute atomic E-state index is 0.0360. The molecular formula is C29H38N4O7. The molecule has 2 aromatic rings. The first-order chi connectivity index (χ1) is 18.7. The van der Waals surface area contributed by atoms with E-state index in [9.17, 15) is 24.3 Å². The van der Waals surface area contributed by atoms with Crippen LogP contribution in [0.25, 0.3) is 0 Å². The number of carbonyl (C=O) groups excluding carboxylic acids is 4. The number of benzene rings is 2. The molecule has 0 heterocycles. The number of aryl methyl sites for hydroxylation is 1. The Morgan fingerprint density at radius 2 is 1.75 bits per heavy atom. The van der Waals surface area contributed by atoms with E-state index in [4.69, 9.17) is 15.2 Å². The molecule has 11 nitrogen and oxygen atoms in total. The van der Waals surface area contributed by atoms with Crippen LogP contribution in [0.4, 0.5) is 10.5 Å². The van der Waals surface area contributed by atoms with Crippen LogP contribution in [0.2, 0.25) is 0 Å². The van der Waals surface area contributed by atoms with Crippen LogP contribution < -0.4 is 21.1 Å². The Kier molecular flexibility index (Phi) is 9.28. The zero-order valence-corrected chi connectivity index (χ0v) is 23.7. The number of carbonyl (C=O) groups is 4. The van der Waals surface area contributed by atoms with Crippen molar-refractivity contribution in [2.45, 2.75) is 71.2 Å². The van der Waals surface area contributed by atoms with Crippen molar-refractivity contribution in [3.05, 3.63) is 53.6 Å². The molecule has 1 saturated carbocycles. The summed E-state index contributed by atoms with van der Waals surface area (Å²) < 4.78 is 10.5. The molecule has 4 amide bonds. The largest absolute Gasteiger partial charge is 0.508 e. The maximum absolute atomic E-state index is 14.1. The number of ether oxygens (including phenoxy) is 2. The van der Waals surface area contributed by atoms with Crippen molar-refractivity contribution >= 4 is 29.5 Å². The van der Waals surface area contributed by atoms with E-state index >= 15 is 0 Å². The van der Waals surface area contributed by atoms with Gasteiger partial charge in [-0.05, 0) is 87.6 Å². The van der Waals surface area contributed by atoms with Crippen LogP contribution in [0.5, 0.6) is 11.5 Å². The molecule has 0 saturated heterocycles. The molecule has 5 N–H and O–H groups in total. The van der Waals surface area contributed by atoms with E-state index in [0.717, 1.165) is 0 Å². The van der Waals surface area contributed by atoms with E-state index in [2.05, 4.69) is 10.6 Å². The number of aromatic hydroxyl groups is 1. The highest BCUT2D eigenvalue weighted by molar-refractivity contribution is 6.00. The first kappa shape index (κ1) is 30.3. The van der Waals surface area contributed by atoms with E-state index < -0.39 is 47.9 Å². The summed E-state index contributed by atoms with van der Waals surface area (Å²) >= 11 is 0. The second-order valence-corrected chi connectivity index (χ2v) is 11.1. The van der Waals surface area contributed by atoms with Gasteiger partial charge < -0.3 is 35.8 Å². The molecule has 3 rings (SSSR count). The van der Waals surface area contributed by atoms with Crippen molar-refractivity contribution in [3.8, 4) is 11.5 Å². The maximum atomic E-state index is 14.1. The molecule has 11 heteroatoms. The number of nitrogens with two attached hydrogens (primary N) is 1. The lowest BCUT2D eigenvalue weighted by Crippen LogP contribution is -2.54. The number of hydrogen-bond donors (Lipinski definition) is 4. The van der Waals surface area contributed by atoms with Gasteiger partial charge in [0.15, 0.2) is 0 Å². The normalized spacial score (nSPS) is 17.6. The van der Waals surface area contributed by atoms with Crippen molar-refractivity contribution in [2.75, 3.05) is 12.4 Å². The molecule has 2 aromatic carbocycles. The van der Waals surface area contributed by atoms with Gasteiger partial charge in [-0.3, -0.25) is 14.4 Å². The van der Waals surface area contributed by atoms with Gasteiger partial charge in [0.25, 0.3) is 5.91 Å². The van der Waals surface area contributed by atoms with Crippen LogP contribution in [-0.4, -0.2) is 58.6 Å². The fraction of sp³-hybridized carbons (Fsp3) is 0.448. The van der Waals surface area contributed by atoms with Gasteiger partial charge in [0.2, 0.25) is 11.8 Å². The van der Waals surface area contributed by atoms with Crippen LogP contribution in [0, 0.1) is 12.8 Å². The standard InChI is InChI=1S/C29H38N4O7/c1-16-14-22(16)33(27(37)21(15-24(30)35)32-28(38)40-29(3,4)5)25(18-7-12-23(34)17(2)13-18)26(36)31-19-8-10-20(39-6)11-9-19/h7-13,16,21-22,25,34H,14-15H2,1-6H3,(H2,30,35)(H,31,36)(H,32,38). The lowest BCUT2D eigenvalue weighted by molar-refractivity contribution is -0.142. The summed E-state index contributed by atoms with van der Waals surface area (Å²) in [7, 11) is 1.53. The third-order valence-corrected chi connectivity index (χ3v) is 6.49. The number of rotatable bonds is 10. The number of hydrogen-bond acceptors (Lipinski definition) is 7. The van der Waals surface area contributed by atoms with Crippen molar-refractivity contribution < 1.29 is 33.8 Å². The molecule has 216 valence electrons. The average Bonchev–Trinajstić information content (AvgIpc) is 3.58. The average molecular weight is 555 g/mol. The molecule has 0 radical (unpaired) electrons. The molecule has 40 heavy (non-hydrogen) atoms. The summed E-state index contributed by atoms with van der Waals surface area (Å²) in [5.41, 5.74) is 6.03. The van der Waals surface area contributed by atoms with Gasteiger partial charge >= 0.3 is 6.09 Å². The second-order valence-electron chi connectivity index (χ2n) is 11.1. The van der Waals surface area contributed by atoms with Crippen LogP contribution in [0.3, 0.4) is 0 Å². The molecule has 1 aliphatic carbocycles. The first-order valence-corrected chi connectivity index (χ1v) is 13.0. The zero-order valence-electron chi connectivity index (χ0n) is 23.7. The number of phenols is 1.